The summed E-state index contributed by atoms with van der Waals surface area (Å²) in [5.41, 5.74) is 6.11. The van der Waals surface area contributed by atoms with Gasteiger partial charge < -0.3 is 25.4 Å². The van der Waals surface area contributed by atoms with Gasteiger partial charge >= 0.3 is 6.61 Å². The summed E-state index contributed by atoms with van der Waals surface area (Å²) in [5, 5.41) is 2.58. The van der Waals surface area contributed by atoms with Crippen molar-refractivity contribution in [2.24, 2.45) is 5.73 Å². The van der Waals surface area contributed by atoms with E-state index in [1.165, 1.54) is 17.0 Å². The molecule has 1 saturated heterocycles. The van der Waals surface area contributed by atoms with Gasteiger partial charge in [0, 0.05) is 24.8 Å². The molecule has 0 saturated carbocycles. The Hall–Kier alpha value is -2.30. The number of anilines is 2. The molecule has 1 fully saturated rings. The molecule has 8 nitrogen and oxygen atoms in total. The van der Waals surface area contributed by atoms with E-state index in [4.69, 9.17) is 10.5 Å². The molecular formula is C17H24F2N4O4. The molecule has 2 amide bonds. The molecule has 1 aromatic rings. The average molecular weight is 386 g/mol. The van der Waals surface area contributed by atoms with Crippen LogP contribution in [0.5, 0.6) is 5.75 Å². The predicted molar refractivity (Wildman–Crippen MR) is 96.0 cm³/mol. The summed E-state index contributed by atoms with van der Waals surface area (Å²) >= 11 is 0. The van der Waals surface area contributed by atoms with Gasteiger partial charge in [-0.15, -0.1) is 0 Å². The van der Waals surface area contributed by atoms with Crippen molar-refractivity contribution in [3.05, 3.63) is 18.2 Å². The number of alkyl halides is 2. The van der Waals surface area contributed by atoms with E-state index in [9.17, 15) is 18.4 Å². The van der Waals surface area contributed by atoms with E-state index in [2.05, 4.69) is 10.1 Å². The Kier molecular flexibility index (Phi) is 7.45. The highest BCUT2D eigenvalue weighted by Crippen LogP contribution is 2.32. The lowest BCUT2D eigenvalue weighted by atomic mass is 10.2. The number of hydrogen-bond acceptors (Lipinski definition) is 6. The van der Waals surface area contributed by atoms with Crippen LogP contribution in [0, 0.1) is 0 Å². The lowest BCUT2D eigenvalue weighted by Crippen LogP contribution is -2.46. The fourth-order valence-electron chi connectivity index (χ4n) is 2.69. The zero-order valence-electron chi connectivity index (χ0n) is 15.3. The predicted octanol–water partition coefficient (Wildman–Crippen LogP) is 0.869. The molecule has 1 aromatic carbocycles. The number of carbonyl (C=O) groups is 2. The number of halogens is 2. The van der Waals surface area contributed by atoms with E-state index >= 15 is 0 Å². The van der Waals surface area contributed by atoms with Crippen LogP contribution in [0.3, 0.4) is 0 Å². The Labute approximate surface area is 156 Å². The fraction of sp³-hybridized carbons (Fsp3) is 0.529. The summed E-state index contributed by atoms with van der Waals surface area (Å²) in [7, 11) is 1.74. The van der Waals surface area contributed by atoms with Crippen molar-refractivity contribution in [1.82, 2.24) is 4.90 Å². The minimum Gasteiger partial charge on any atom is -0.433 e. The van der Waals surface area contributed by atoms with Crippen LogP contribution < -0.4 is 20.7 Å². The monoisotopic (exact) mass is 386 g/mol. The summed E-state index contributed by atoms with van der Waals surface area (Å²) in [6.07, 6.45) is 0. The topological polar surface area (TPSA) is 97.1 Å². The van der Waals surface area contributed by atoms with Crippen LogP contribution >= 0.6 is 0 Å². The number of nitrogens with two attached hydrogens (primary N) is 1. The molecule has 10 heteroatoms. The average Bonchev–Trinajstić information content (AvgIpc) is 2.63. The molecule has 1 aliphatic heterocycles. The molecule has 2 rings (SSSR count). The van der Waals surface area contributed by atoms with Crippen LogP contribution in [0.2, 0.25) is 0 Å². The molecular weight excluding hydrogens is 362 g/mol. The molecule has 1 aliphatic rings. The Bertz CT molecular complexity index is 674. The van der Waals surface area contributed by atoms with Crippen LogP contribution in [-0.4, -0.2) is 69.3 Å². The molecule has 0 radical (unpaired) electrons. The zero-order valence-corrected chi connectivity index (χ0v) is 15.3. The van der Waals surface area contributed by atoms with Gasteiger partial charge in [0.25, 0.3) is 5.91 Å². The molecule has 0 bridgehead atoms. The summed E-state index contributed by atoms with van der Waals surface area (Å²) in [4.78, 5) is 27.6. The van der Waals surface area contributed by atoms with E-state index in [0.29, 0.717) is 25.4 Å². The van der Waals surface area contributed by atoms with Crippen LogP contribution in [0.25, 0.3) is 0 Å². The number of carbonyl (C=O) groups excluding carboxylic acids is 2. The quantitative estimate of drug-likeness (QED) is 0.688. The second kappa shape index (κ2) is 9.58. The van der Waals surface area contributed by atoms with Gasteiger partial charge in [0.1, 0.15) is 12.6 Å². The van der Waals surface area contributed by atoms with Gasteiger partial charge in [0.05, 0.1) is 12.3 Å². The van der Waals surface area contributed by atoms with Gasteiger partial charge in [-0.1, -0.05) is 6.92 Å². The smallest absolute Gasteiger partial charge is 0.387 e. The molecule has 150 valence electrons. The molecule has 0 aliphatic carbocycles. The third-order valence-corrected chi connectivity index (χ3v) is 4.29. The van der Waals surface area contributed by atoms with Crippen LogP contribution in [-0.2, 0) is 14.3 Å². The highest BCUT2D eigenvalue weighted by atomic mass is 19.3. The largest absolute Gasteiger partial charge is 0.433 e. The number of likely N-dealkylation sites (N-methyl/N-ethyl adjacent to an activating group) is 1. The van der Waals surface area contributed by atoms with Crippen molar-refractivity contribution in [3.63, 3.8) is 0 Å². The van der Waals surface area contributed by atoms with Crippen LogP contribution in [0.4, 0.5) is 20.2 Å². The molecule has 1 atom stereocenters. The number of morpholine rings is 1. The standard InChI is InChI=1S/C17H24F2N4O4/c1-3-22(2)13(9-20)16(25)21-12-5-4-11(8-14(12)27-17(18)19)23-6-7-26-10-15(23)24/h4-5,8,13,17H,3,6-7,9-10,20H2,1-2H3,(H,21,25)/t13-/m1/s1. The van der Waals surface area contributed by atoms with E-state index in [0.717, 1.165) is 0 Å². The number of ether oxygens (including phenoxy) is 2. The zero-order chi connectivity index (χ0) is 20.0. The van der Waals surface area contributed by atoms with Gasteiger partial charge in [-0.2, -0.15) is 8.78 Å². The van der Waals surface area contributed by atoms with Crippen molar-refractivity contribution in [1.29, 1.82) is 0 Å². The lowest BCUT2D eigenvalue weighted by Gasteiger charge is -2.28. The number of nitrogens with one attached hydrogen (secondary N) is 1. The van der Waals surface area contributed by atoms with Crippen LogP contribution in [0.1, 0.15) is 6.92 Å². The minimum atomic E-state index is -3.08. The van der Waals surface area contributed by atoms with E-state index in [1.54, 1.807) is 18.0 Å². The highest BCUT2D eigenvalue weighted by molar-refractivity contribution is 5.98. The summed E-state index contributed by atoms with van der Waals surface area (Å²) < 4.78 is 35.3. The van der Waals surface area contributed by atoms with Gasteiger partial charge in [-0.25, -0.2) is 0 Å². The number of nitrogens with zero attached hydrogens (tertiary/aromatic N) is 2. The first kappa shape index (κ1) is 21.0. The van der Waals surface area contributed by atoms with Crippen molar-refractivity contribution >= 4 is 23.2 Å². The van der Waals surface area contributed by atoms with Crippen molar-refractivity contribution in [2.45, 2.75) is 19.6 Å². The normalized spacial score (nSPS) is 16.0. The fourth-order valence-corrected chi connectivity index (χ4v) is 2.69. The number of amides is 2. The van der Waals surface area contributed by atoms with E-state index in [-0.39, 0.29) is 30.5 Å². The molecule has 0 spiro atoms. The number of benzene rings is 1. The second-order valence-electron chi connectivity index (χ2n) is 5.97. The van der Waals surface area contributed by atoms with Crippen molar-refractivity contribution in [2.75, 3.05) is 50.1 Å². The maximum atomic E-state index is 12.8. The molecule has 3 N–H and O–H groups in total. The van der Waals surface area contributed by atoms with Gasteiger partial charge in [-0.3, -0.25) is 14.5 Å². The molecule has 27 heavy (non-hydrogen) atoms. The first-order valence-electron chi connectivity index (χ1n) is 8.55. The van der Waals surface area contributed by atoms with E-state index < -0.39 is 18.6 Å². The second-order valence-corrected chi connectivity index (χ2v) is 5.97. The Morgan fingerprint density at radius 3 is 2.81 bits per heavy atom. The van der Waals surface area contributed by atoms with Crippen molar-refractivity contribution < 1.29 is 27.8 Å². The van der Waals surface area contributed by atoms with Crippen molar-refractivity contribution in [3.8, 4) is 5.75 Å². The summed E-state index contributed by atoms with van der Waals surface area (Å²) in [5.74, 6) is -0.949. The first-order valence-corrected chi connectivity index (χ1v) is 8.55. The SMILES string of the molecule is CCN(C)[C@H](CN)C(=O)Nc1ccc(N2CCOCC2=O)cc1OC(F)F. The lowest BCUT2D eigenvalue weighted by molar-refractivity contribution is -0.125. The Balaban J connectivity index is 2.27. The molecule has 0 aromatic heterocycles. The number of hydrogen-bond donors (Lipinski definition) is 2. The van der Waals surface area contributed by atoms with Gasteiger partial charge in [-0.05, 0) is 25.7 Å². The first-order chi connectivity index (χ1) is 12.9. The maximum absolute atomic E-state index is 12.8. The Morgan fingerprint density at radius 2 is 2.22 bits per heavy atom. The van der Waals surface area contributed by atoms with Gasteiger partial charge in [0.2, 0.25) is 5.91 Å². The van der Waals surface area contributed by atoms with Gasteiger partial charge in [0.15, 0.2) is 5.75 Å². The maximum Gasteiger partial charge on any atom is 0.387 e. The third-order valence-electron chi connectivity index (χ3n) is 4.29. The summed E-state index contributed by atoms with van der Waals surface area (Å²) in [6.45, 7) is 0.0156. The Morgan fingerprint density at radius 1 is 1.48 bits per heavy atom. The number of rotatable bonds is 8. The summed E-state index contributed by atoms with van der Waals surface area (Å²) in [6, 6.07) is 3.66. The van der Waals surface area contributed by atoms with Crippen LogP contribution in [0.15, 0.2) is 18.2 Å². The minimum absolute atomic E-state index is 0.0710. The molecule has 0 unspecified atom stereocenters. The van der Waals surface area contributed by atoms with E-state index in [1.807, 2.05) is 6.92 Å². The third kappa shape index (κ3) is 5.34. The highest BCUT2D eigenvalue weighted by Gasteiger charge is 2.25. The molecule has 1 heterocycles.